The summed E-state index contributed by atoms with van der Waals surface area (Å²) in [6, 6.07) is 4.45. The first-order chi connectivity index (χ1) is 10.0. The Hall–Kier alpha value is -1.88. The Balaban J connectivity index is 1.95. The molecule has 0 saturated heterocycles. The van der Waals surface area contributed by atoms with E-state index in [1.807, 2.05) is 13.8 Å². The number of H-pyrrole nitrogens is 1. The molecule has 0 bridgehead atoms. The molecule has 2 atom stereocenters. The highest BCUT2D eigenvalue weighted by Crippen LogP contribution is 2.19. The Kier molecular flexibility index (Phi) is 4.96. The van der Waals surface area contributed by atoms with Crippen molar-refractivity contribution in [3.05, 3.63) is 35.8 Å². The Morgan fingerprint density at radius 2 is 2.24 bits per heavy atom. The molecule has 2 aromatic rings. The molecule has 4 nitrogen and oxygen atoms in total. The summed E-state index contributed by atoms with van der Waals surface area (Å²) in [6.45, 7) is 4.20. The number of hydrogen-bond acceptors (Lipinski definition) is 2. The van der Waals surface area contributed by atoms with E-state index in [-0.39, 0.29) is 30.6 Å². The molecule has 21 heavy (non-hydrogen) atoms. The summed E-state index contributed by atoms with van der Waals surface area (Å²) >= 11 is 0. The molecule has 0 radical (unpaired) electrons. The second-order valence-electron chi connectivity index (χ2n) is 5.44. The van der Waals surface area contributed by atoms with E-state index in [2.05, 4.69) is 10.3 Å². The molecule has 1 aromatic heterocycles. The van der Waals surface area contributed by atoms with Crippen LogP contribution in [0.15, 0.2) is 24.4 Å². The maximum absolute atomic E-state index is 13.1. The number of carbonyl (C=O) groups is 1. The summed E-state index contributed by atoms with van der Waals surface area (Å²) < 4.78 is 13.1. The van der Waals surface area contributed by atoms with Crippen molar-refractivity contribution in [3.8, 4) is 0 Å². The van der Waals surface area contributed by atoms with Crippen molar-refractivity contribution in [1.29, 1.82) is 0 Å². The molecule has 0 spiro atoms. The zero-order valence-corrected chi connectivity index (χ0v) is 12.3. The van der Waals surface area contributed by atoms with Crippen molar-refractivity contribution in [2.45, 2.75) is 32.8 Å². The standard InChI is InChI=1S/C16H21FN2O2/c1-3-10(2)15(20)9-19-16(21)6-11-8-18-14-7-12(17)4-5-13(11)14/h4-5,7-8,10,15,18,20H,3,6,9H2,1-2H3,(H,19,21). The van der Waals surface area contributed by atoms with Crippen molar-refractivity contribution in [2.24, 2.45) is 5.92 Å². The van der Waals surface area contributed by atoms with E-state index in [1.54, 1.807) is 12.3 Å². The van der Waals surface area contributed by atoms with Gasteiger partial charge in [0.05, 0.1) is 12.5 Å². The summed E-state index contributed by atoms with van der Waals surface area (Å²) in [4.78, 5) is 14.9. The van der Waals surface area contributed by atoms with Gasteiger partial charge in [0.2, 0.25) is 5.91 Å². The van der Waals surface area contributed by atoms with Gasteiger partial charge in [0.1, 0.15) is 5.82 Å². The van der Waals surface area contributed by atoms with E-state index in [0.717, 1.165) is 17.4 Å². The van der Waals surface area contributed by atoms with E-state index in [9.17, 15) is 14.3 Å². The molecular formula is C16H21FN2O2. The fraction of sp³-hybridized carbons (Fsp3) is 0.438. The summed E-state index contributed by atoms with van der Waals surface area (Å²) in [5.74, 6) is -0.305. The van der Waals surface area contributed by atoms with Gasteiger partial charge in [-0.15, -0.1) is 0 Å². The fourth-order valence-corrected chi connectivity index (χ4v) is 2.23. The average molecular weight is 292 g/mol. The van der Waals surface area contributed by atoms with Gasteiger partial charge in [0.15, 0.2) is 0 Å². The van der Waals surface area contributed by atoms with Crippen LogP contribution in [0.5, 0.6) is 0 Å². The van der Waals surface area contributed by atoms with Crippen LogP contribution in [0.4, 0.5) is 4.39 Å². The molecular weight excluding hydrogens is 271 g/mol. The lowest BCUT2D eigenvalue weighted by Gasteiger charge is -2.17. The van der Waals surface area contributed by atoms with Gasteiger partial charge in [-0.25, -0.2) is 4.39 Å². The summed E-state index contributed by atoms with van der Waals surface area (Å²) in [7, 11) is 0. The van der Waals surface area contributed by atoms with E-state index in [0.29, 0.717) is 5.52 Å². The highest BCUT2D eigenvalue weighted by molar-refractivity contribution is 5.88. The zero-order valence-electron chi connectivity index (χ0n) is 12.3. The van der Waals surface area contributed by atoms with Crippen LogP contribution < -0.4 is 5.32 Å². The topological polar surface area (TPSA) is 65.1 Å². The second kappa shape index (κ2) is 6.72. The first kappa shape index (κ1) is 15.5. The minimum absolute atomic E-state index is 0.150. The van der Waals surface area contributed by atoms with Crippen LogP contribution in [-0.4, -0.2) is 28.6 Å². The van der Waals surface area contributed by atoms with Crippen molar-refractivity contribution < 1.29 is 14.3 Å². The Bertz CT molecular complexity index is 624. The zero-order chi connectivity index (χ0) is 15.4. The molecule has 2 rings (SSSR count). The number of fused-ring (bicyclic) bond motifs is 1. The molecule has 2 unspecified atom stereocenters. The largest absolute Gasteiger partial charge is 0.391 e. The van der Waals surface area contributed by atoms with Crippen molar-refractivity contribution in [1.82, 2.24) is 10.3 Å². The molecule has 0 aliphatic rings. The molecule has 1 heterocycles. The number of amides is 1. The van der Waals surface area contributed by atoms with Crippen LogP contribution in [0.2, 0.25) is 0 Å². The average Bonchev–Trinajstić information content (AvgIpc) is 2.85. The van der Waals surface area contributed by atoms with Crippen LogP contribution in [0, 0.1) is 11.7 Å². The summed E-state index contributed by atoms with van der Waals surface area (Å²) in [5, 5.41) is 13.4. The number of aromatic amines is 1. The van der Waals surface area contributed by atoms with Crippen molar-refractivity contribution >= 4 is 16.8 Å². The summed E-state index contributed by atoms with van der Waals surface area (Å²) in [6.07, 6.45) is 2.26. The third-order valence-electron chi connectivity index (χ3n) is 3.89. The molecule has 0 fully saturated rings. The molecule has 5 heteroatoms. The van der Waals surface area contributed by atoms with E-state index < -0.39 is 6.10 Å². The highest BCUT2D eigenvalue weighted by atomic mass is 19.1. The predicted octanol–water partition coefficient (Wildman–Crippen LogP) is 2.37. The van der Waals surface area contributed by atoms with Crippen LogP contribution in [0.3, 0.4) is 0 Å². The number of carbonyl (C=O) groups excluding carboxylic acids is 1. The van der Waals surface area contributed by atoms with Gasteiger partial charge in [-0.3, -0.25) is 4.79 Å². The number of nitrogens with one attached hydrogen (secondary N) is 2. The van der Waals surface area contributed by atoms with Crippen molar-refractivity contribution in [3.63, 3.8) is 0 Å². The fourth-order valence-electron chi connectivity index (χ4n) is 2.23. The van der Waals surface area contributed by atoms with Gasteiger partial charge >= 0.3 is 0 Å². The lowest BCUT2D eigenvalue weighted by molar-refractivity contribution is -0.121. The Labute approximate surface area is 123 Å². The van der Waals surface area contributed by atoms with Crippen LogP contribution >= 0.6 is 0 Å². The maximum Gasteiger partial charge on any atom is 0.224 e. The van der Waals surface area contributed by atoms with Crippen LogP contribution in [0.25, 0.3) is 10.9 Å². The second-order valence-corrected chi connectivity index (χ2v) is 5.44. The molecule has 1 aromatic carbocycles. The van der Waals surface area contributed by atoms with Gasteiger partial charge in [0, 0.05) is 23.6 Å². The van der Waals surface area contributed by atoms with Gasteiger partial charge < -0.3 is 15.4 Å². The predicted molar refractivity (Wildman–Crippen MR) is 80.4 cm³/mol. The first-order valence-corrected chi connectivity index (χ1v) is 7.21. The first-order valence-electron chi connectivity index (χ1n) is 7.21. The summed E-state index contributed by atoms with van der Waals surface area (Å²) in [5.41, 5.74) is 1.50. The van der Waals surface area contributed by atoms with E-state index in [4.69, 9.17) is 0 Å². The number of aromatic nitrogens is 1. The molecule has 0 saturated carbocycles. The molecule has 3 N–H and O–H groups in total. The third-order valence-corrected chi connectivity index (χ3v) is 3.89. The molecule has 114 valence electrons. The van der Waals surface area contributed by atoms with Gasteiger partial charge in [-0.2, -0.15) is 0 Å². The smallest absolute Gasteiger partial charge is 0.224 e. The number of benzene rings is 1. The van der Waals surface area contributed by atoms with E-state index in [1.165, 1.54) is 12.1 Å². The monoisotopic (exact) mass is 292 g/mol. The highest BCUT2D eigenvalue weighted by Gasteiger charge is 2.14. The lowest BCUT2D eigenvalue weighted by atomic mass is 10.0. The lowest BCUT2D eigenvalue weighted by Crippen LogP contribution is -2.36. The molecule has 0 aliphatic carbocycles. The normalized spacial score (nSPS) is 14.1. The number of hydrogen-bond donors (Lipinski definition) is 3. The maximum atomic E-state index is 13.1. The van der Waals surface area contributed by atoms with Gasteiger partial charge in [0.25, 0.3) is 0 Å². The Morgan fingerprint density at radius 3 is 2.95 bits per heavy atom. The van der Waals surface area contributed by atoms with Crippen molar-refractivity contribution in [2.75, 3.05) is 6.54 Å². The Morgan fingerprint density at radius 1 is 1.48 bits per heavy atom. The number of halogens is 1. The number of aliphatic hydroxyl groups excluding tert-OH is 1. The minimum atomic E-state index is -0.531. The van der Waals surface area contributed by atoms with Crippen LogP contribution in [0.1, 0.15) is 25.8 Å². The van der Waals surface area contributed by atoms with E-state index >= 15 is 0 Å². The van der Waals surface area contributed by atoms with Crippen LogP contribution in [-0.2, 0) is 11.2 Å². The van der Waals surface area contributed by atoms with Gasteiger partial charge in [-0.05, 0) is 29.7 Å². The number of aliphatic hydroxyl groups is 1. The minimum Gasteiger partial charge on any atom is -0.391 e. The quantitative estimate of drug-likeness (QED) is 0.765. The molecule has 1 amide bonds. The third kappa shape index (κ3) is 3.82. The SMILES string of the molecule is CCC(C)C(O)CNC(=O)Cc1c[nH]c2cc(F)ccc12. The molecule has 0 aliphatic heterocycles. The number of rotatable bonds is 6. The van der Waals surface area contributed by atoms with Gasteiger partial charge in [-0.1, -0.05) is 20.3 Å².